The first-order chi connectivity index (χ1) is 12.1. The Morgan fingerprint density at radius 3 is 2.48 bits per heavy atom. The number of carbonyl (C=O) groups is 2. The van der Waals surface area contributed by atoms with E-state index in [0.717, 1.165) is 17.7 Å². The van der Waals surface area contributed by atoms with Crippen molar-refractivity contribution in [2.24, 2.45) is 0 Å². The molecule has 0 bridgehead atoms. The minimum atomic E-state index is -0.137. The molecule has 0 aliphatic heterocycles. The van der Waals surface area contributed by atoms with E-state index in [2.05, 4.69) is 17.2 Å². The van der Waals surface area contributed by atoms with Crippen LogP contribution in [0.4, 0.5) is 5.69 Å². The maximum atomic E-state index is 12.4. The Balaban J connectivity index is 1.83. The number of hydrogen-bond donors (Lipinski definition) is 1. The Morgan fingerprint density at radius 1 is 1.04 bits per heavy atom. The van der Waals surface area contributed by atoms with E-state index >= 15 is 0 Å². The van der Waals surface area contributed by atoms with E-state index < -0.39 is 0 Å². The number of aryl methyl sites for hydroxylation is 1. The zero-order chi connectivity index (χ0) is 18.1. The third kappa shape index (κ3) is 6.03. The molecule has 5 nitrogen and oxygen atoms in total. The van der Waals surface area contributed by atoms with E-state index in [1.807, 2.05) is 43.3 Å². The second-order valence-corrected chi connectivity index (χ2v) is 5.87. The Bertz CT molecular complexity index is 701. The van der Waals surface area contributed by atoms with Crippen molar-refractivity contribution >= 4 is 17.5 Å². The fraction of sp³-hybridized carbons (Fsp3) is 0.350. The number of aromatic nitrogens is 1. The van der Waals surface area contributed by atoms with Crippen molar-refractivity contribution < 1.29 is 9.59 Å². The van der Waals surface area contributed by atoms with Gasteiger partial charge in [-0.1, -0.05) is 19.1 Å². The third-order valence-electron chi connectivity index (χ3n) is 4.04. The molecule has 2 aromatic rings. The lowest BCUT2D eigenvalue weighted by molar-refractivity contribution is -0.133. The number of hydrogen-bond acceptors (Lipinski definition) is 3. The molecule has 25 heavy (non-hydrogen) atoms. The largest absolute Gasteiger partial charge is 0.339 e. The average Bonchev–Trinajstić information content (AvgIpc) is 2.65. The molecule has 0 radical (unpaired) electrons. The summed E-state index contributed by atoms with van der Waals surface area (Å²) in [5.41, 5.74) is 2.98. The molecule has 0 fully saturated rings. The van der Waals surface area contributed by atoms with Crippen LogP contribution in [-0.4, -0.2) is 28.2 Å². The number of pyridine rings is 1. The van der Waals surface area contributed by atoms with Crippen molar-refractivity contribution in [3.05, 3.63) is 59.9 Å². The minimum Gasteiger partial charge on any atom is -0.339 e. The van der Waals surface area contributed by atoms with Crippen LogP contribution in [0.15, 0.2) is 48.8 Å². The van der Waals surface area contributed by atoms with Crippen LogP contribution in [0.25, 0.3) is 0 Å². The van der Waals surface area contributed by atoms with Crippen molar-refractivity contribution in [2.45, 2.75) is 39.7 Å². The van der Waals surface area contributed by atoms with Crippen LogP contribution in [0.3, 0.4) is 0 Å². The standard InChI is InChI=1S/C20H25N3O2/c1-3-16-6-5-7-18(14-16)22-19(24)8-9-20(25)23(4-2)15-17-10-12-21-13-11-17/h5-7,10-14H,3-4,8-9,15H2,1-2H3,(H,22,24). The lowest BCUT2D eigenvalue weighted by atomic mass is 10.1. The van der Waals surface area contributed by atoms with E-state index in [4.69, 9.17) is 0 Å². The quantitative estimate of drug-likeness (QED) is 0.801. The first-order valence-corrected chi connectivity index (χ1v) is 8.67. The molecular formula is C20H25N3O2. The van der Waals surface area contributed by atoms with E-state index in [-0.39, 0.29) is 24.7 Å². The highest BCUT2D eigenvalue weighted by molar-refractivity contribution is 5.93. The minimum absolute atomic E-state index is 0.0169. The van der Waals surface area contributed by atoms with Crippen LogP contribution in [0, 0.1) is 0 Å². The molecule has 1 N–H and O–H groups in total. The van der Waals surface area contributed by atoms with Gasteiger partial charge in [0.25, 0.3) is 0 Å². The van der Waals surface area contributed by atoms with Crippen molar-refractivity contribution in [2.75, 3.05) is 11.9 Å². The summed E-state index contributed by atoms with van der Waals surface area (Å²) in [4.78, 5) is 30.2. The highest BCUT2D eigenvalue weighted by atomic mass is 16.2. The Kier molecular flexibility index (Phi) is 7.14. The van der Waals surface area contributed by atoms with Gasteiger partial charge in [-0.15, -0.1) is 0 Å². The van der Waals surface area contributed by atoms with Gasteiger partial charge in [-0.05, 0) is 48.7 Å². The summed E-state index contributed by atoms with van der Waals surface area (Å²) in [6.07, 6.45) is 4.74. The third-order valence-corrected chi connectivity index (χ3v) is 4.04. The van der Waals surface area contributed by atoms with E-state index in [1.54, 1.807) is 17.3 Å². The topological polar surface area (TPSA) is 62.3 Å². The number of nitrogens with zero attached hydrogens (tertiary/aromatic N) is 2. The first kappa shape index (κ1) is 18.6. The second kappa shape index (κ2) is 9.57. The molecule has 0 unspecified atom stereocenters. The first-order valence-electron chi connectivity index (χ1n) is 8.67. The normalized spacial score (nSPS) is 10.3. The molecule has 0 saturated heterocycles. The predicted octanol–water partition coefficient (Wildman–Crippen LogP) is 3.41. The number of amides is 2. The number of benzene rings is 1. The summed E-state index contributed by atoms with van der Waals surface area (Å²) in [5.74, 6) is -0.154. The number of rotatable bonds is 8. The van der Waals surface area contributed by atoms with Gasteiger partial charge in [0.05, 0.1) is 0 Å². The number of anilines is 1. The van der Waals surface area contributed by atoms with Gasteiger partial charge in [0.1, 0.15) is 0 Å². The molecule has 1 aromatic carbocycles. The van der Waals surface area contributed by atoms with Gasteiger partial charge in [0, 0.05) is 44.0 Å². The fourth-order valence-electron chi connectivity index (χ4n) is 2.56. The molecule has 132 valence electrons. The molecule has 0 aliphatic carbocycles. The molecule has 0 aliphatic rings. The molecule has 2 amide bonds. The monoisotopic (exact) mass is 339 g/mol. The molecule has 2 rings (SSSR count). The van der Waals surface area contributed by atoms with Gasteiger partial charge in [-0.25, -0.2) is 0 Å². The lowest BCUT2D eigenvalue weighted by Crippen LogP contribution is -2.31. The van der Waals surface area contributed by atoms with Gasteiger partial charge in [-0.3, -0.25) is 14.6 Å². The van der Waals surface area contributed by atoms with Gasteiger partial charge in [0.2, 0.25) is 11.8 Å². The van der Waals surface area contributed by atoms with Crippen LogP contribution >= 0.6 is 0 Å². The SMILES string of the molecule is CCc1cccc(NC(=O)CCC(=O)N(CC)Cc2ccncc2)c1. The number of carbonyl (C=O) groups excluding carboxylic acids is 2. The zero-order valence-electron chi connectivity index (χ0n) is 14.9. The van der Waals surface area contributed by atoms with Gasteiger partial charge in [-0.2, -0.15) is 0 Å². The Labute approximate surface area is 149 Å². The van der Waals surface area contributed by atoms with Crippen LogP contribution in [0.2, 0.25) is 0 Å². The summed E-state index contributed by atoms with van der Waals surface area (Å²) in [5, 5.41) is 2.86. The number of nitrogens with one attached hydrogen (secondary N) is 1. The summed E-state index contributed by atoms with van der Waals surface area (Å²) >= 11 is 0. The van der Waals surface area contributed by atoms with Gasteiger partial charge < -0.3 is 10.2 Å². The maximum absolute atomic E-state index is 12.4. The van der Waals surface area contributed by atoms with Crippen LogP contribution in [-0.2, 0) is 22.6 Å². The van der Waals surface area contributed by atoms with Gasteiger partial charge in [0.15, 0.2) is 0 Å². The molecule has 1 aromatic heterocycles. The Hall–Kier alpha value is -2.69. The molecule has 5 heteroatoms. The zero-order valence-corrected chi connectivity index (χ0v) is 14.9. The second-order valence-electron chi connectivity index (χ2n) is 5.87. The molecule has 0 saturated carbocycles. The summed E-state index contributed by atoms with van der Waals surface area (Å²) in [7, 11) is 0. The average molecular weight is 339 g/mol. The lowest BCUT2D eigenvalue weighted by Gasteiger charge is -2.21. The fourth-order valence-corrected chi connectivity index (χ4v) is 2.56. The highest BCUT2D eigenvalue weighted by Crippen LogP contribution is 2.12. The van der Waals surface area contributed by atoms with Crippen molar-refractivity contribution in [3.63, 3.8) is 0 Å². The smallest absolute Gasteiger partial charge is 0.224 e. The highest BCUT2D eigenvalue weighted by Gasteiger charge is 2.14. The van der Waals surface area contributed by atoms with Crippen molar-refractivity contribution in [1.82, 2.24) is 9.88 Å². The predicted molar refractivity (Wildman–Crippen MR) is 99.0 cm³/mol. The van der Waals surface area contributed by atoms with Gasteiger partial charge >= 0.3 is 0 Å². The van der Waals surface area contributed by atoms with Crippen LogP contribution in [0.1, 0.15) is 37.8 Å². The maximum Gasteiger partial charge on any atom is 0.224 e. The summed E-state index contributed by atoms with van der Waals surface area (Å²) < 4.78 is 0. The summed E-state index contributed by atoms with van der Waals surface area (Å²) in [6, 6.07) is 11.6. The van der Waals surface area contributed by atoms with Crippen LogP contribution in [0.5, 0.6) is 0 Å². The molecule has 0 atom stereocenters. The van der Waals surface area contributed by atoms with Crippen LogP contribution < -0.4 is 5.32 Å². The molecular weight excluding hydrogens is 314 g/mol. The molecule has 1 heterocycles. The Morgan fingerprint density at radius 2 is 1.80 bits per heavy atom. The van der Waals surface area contributed by atoms with Crippen molar-refractivity contribution in [3.8, 4) is 0 Å². The molecule has 0 spiro atoms. The van der Waals surface area contributed by atoms with Crippen molar-refractivity contribution in [1.29, 1.82) is 0 Å². The van der Waals surface area contributed by atoms with E-state index in [1.165, 1.54) is 5.56 Å². The van der Waals surface area contributed by atoms with E-state index in [9.17, 15) is 9.59 Å². The summed E-state index contributed by atoms with van der Waals surface area (Å²) in [6.45, 7) is 5.16. The van der Waals surface area contributed by atoms with E-state index in [0.29, 0.717) is 13.1 Å².